The van der Waals surface area contributed by atoms with Gasteiger partial charge in [0, 0.05) is 5.41 Å². The summed E-state index contributed by atoms with van der Waals surface area (Å²) in [6.07, 6.45) is 1.94. The van der Waals surface area contributed by atoms with Crippen LogP contribution in [0.4, 0.5) is 0 Å². The number of hydrogen-bond donors (Lipinski definition) is 0. The largest absolute Gasteiger partial charge is 0.281 e. The summed E-state index contributed by atoms with van der Waals surface area (Å²) < 4.78 is 0. The molecule has 2 aliphatic rings. The molecule has 2 nitrogen and oxygen atoms in total. The Kier molecular flexibility index (Phi) is 4.27. The third-order valence-electron chi connectivity index (χ3n) is 6.17. The summed E-state index contributed by atoms with van der Waals surface area (Å²) >= 11 is 0. The molecular weight excluding hydrogens is 268 g/mol. The minimum absolute atomic E-state index is 0.0130. The van der Waals surface area contributed by atoms with Crippen LogP contribution in [0.1, 0.15) is 75.2 Å². The van der Waals surface area contributed by atoms with E-state index in [9.17, 15) is 0 Å². The highest BCUT2D eigenvalue weighted by Crippen LogP contribution is 2.53. The van der Waals surface area contributed by atoms with Crippen molar-refractivity contribution in [2.75, 3.05) is 0 Å². The summed E-state index contributed by atoms with van der Waals surface area (Å²) in [4.78, 5) is 10.4. The second-order valence-electron chi connectivity index (χ2n) is 7.60. The van der Waals surface area contributed by atoms with Crippen molar-refractivity contribution in [2.45, 2.75) is 86.7 Å². The maximum Gasteiger partial charge on any atom is 0.0877 e. The lowest BCUT2D eigenvalue weighted by molar-refractivity contribution is 0.268. The highest BCUT2D eigenvalue weighted by molar-refractivity contribution is 6.42. The van der Waals surface area contributed by atoms with E-state index < -0.39 is 0 Å². The molecule has 0 spiro atoms. The normalized spacial score (nSPS) is 27.2. The summed E-state index contributed by atoms with van der Waals surface area (Å²) in [5.41, 5.74) is 8.04. The van der Waals surface area contributed by atoms with E-state index in [1.54, 1.807) is 0 Å². The summed E-state index contributed by atoms with van der Waals surface area (Å²) in [6.45, 7) is 20.3. The number of rotatable bonds is 3. The number of hydrogen-bond acceptors (Lipinski definition) is 2. The topological polar surface area (TPSA) is 24.7 Å². The zero-order chi connectivity index (χ0) is 16.9. The van der Waals surface area contributed by atoms with E-state index in [2.05, 4.69) is 62.3 Å². The summed E-state index contributed by atoms with van der Waals surface area (Å²) in [7, 11) is 0. The van der Waals surface area contributed by atoms with E-state index in [1.807, 2.05) is 0 Å². The van der Waals surface area contributed by atoms with E-state index in [0.717, 1.165) is 12.8 Å². The molecule has 0 aromatic heterocycles. The molecule has 0 aromatic carbocycles. The smallest absolute Gasteiger partial charge is 0.0877 e. The Morgan fingerprint density at radius 1 is 0.818 bits per heavy atom. The van der Waals surface area contributed by atoms with E-state index >= 15 is 0 Å². The monoisotopic (exact) mass is 300 g/mol. The van der Waals surface area contributed by atoms with Crippen LogP contribution in [0.5, 0.6) is 0 Å². The van der Waals surface area contributed by atoms with Crippen LogP contribution in [0.2, 0.25) is 0 Å². The fraction of sp³-hybridized carbons (Fsp3) is 0.700. The van der Waals surface area contributed by atoms with Gasteiger partial charge in [-0.3, -0.25) is 9.98 Å². The second-order valence-corrected chi connectivity index (χ2v) is 7.60. The van der Waals surface area contributed by atoms with Gasteiger partial charge in [-0.25, -0.2) is 0 Å². The molecule has 2 rings (SSSR count). The Labute approximate surface area is 136 Å². The molecule has 0 saturated heterocycles. The molecule has 0 fully saturated rings. The first kappa shape index (κ1) is 17.2. The maximum atomic E-state index is 5.25. The molecule has 1 atom stereocenters. The highest BCUT2D eigenvalue weighted by Gasteiger charge is 2.50. The molecule has 0 amide bonds. The zero-order valence-corrected chi connectivity index (χ0v) is 15.9. The molecule has 0 aromatic rings. The van der Waals surface area contributed by atoms with Gasteiger partial charge < -0.3 is 0 Å². The average Bonchev–Trinajstić information content (AvgIpc) is 2.62. The van der Waals surface area contributed by atoms with Crippen LogP contribution in [-0.2, 0) is 0 Å². The van der Waals surface area contributed by atoms with Crippen molar-refractivity contribution in [3.05, 3.63) is 22.3 Å². The van der Waals surface area contributed by atoms with Gasteiger partial charge in [-0.1, -0.05) is 25.0 Å². The molecule has 1 heterocycles. The Balaban J connectivity index is 2.62. The first-order chi connectivity index (χ1) is 10.1. The molecule has 122 valence electrons. The maximum absolute atomic E-state index is 5.25. The van der Waals surface area contributed by atoms with Crippen LogP contribution in [-0.4, -0.2) is 23.0 Å². The molecule has 22 heavy (non-hydrogen) atoms. The van der Waals surface area contributed by atoms with Crippen LogP contribution < -0.4 is 0 Å². The Hall–Kier alpha value is -1.18. The predicted octanol–water partition coefficient (Wildman–Crippen LogP) is 5.54. The van der Waals surface area contributed by atoms with Gasteiger partial charge in [0.05, 0.1) is 23.0 Å². The molecule has 0 bridgehead atoms. The van der Waals surface area contributed by atoms with E-state index in [1.165, 1.54) is 33.7 Å². The molecular formula is C20H32N2. The summed E-state index contributed by atoms with van der Waals surface area (Å²) in [6, 6.07) is 0.178. The molecule has 1 aliphatic heterocycles. The second kappa shape index (κ2) is 5.47. The minimum atomic E-state index is -0.161. The quantitative estimate of drug-likeness (QED) is 0.653. The zero-order valence-electron chi connectivity index (χ0n) is 15.9. The van der Waals surface area contributed by atoms with E-state index in [0.29, 0.717) is 0 Å². The van der Waals surface area contributed by atoms with E-state index in [4.69, 9.17) is 9.98 Å². The standard InChI is InChI=1S/C20H32N2/c1-10-16-17(11-2)22-19(7,8)18(21-16)20(9)14(5)12(3)13(4)15(20)6/h18H,10-11H2,1-9H3. The Morgan fingerprint density at radius 2 is 1.27 bits per heavy atom. The Bertz CT molecular complexity index is 588. The average molecular weight is 300 g/mol. The van der Waals surface area contributed by atoms with Crippen LogP contribution in [0.25, 0.3) is 0 Å². The van der Waals surface area contributed by atoms with Crippen LogP contribution in [0.15, 0.2) is 32.3 Å². The van der Waals surface area contributed by atoms with Crippen molar-refractivity contribution in [1.29, 1.82) is 0 Å². The fourth-order valence-corrected chi connectivity index (χ4v) is 4.31. The number of allylic oxidation sites excluding steroid dienone is 2. The van der Waals surface area contributed by atoms with E-state index in [-0.39, 0.29) is 17.0 Å². The van der Waals surface area contributed by atoms with Crippen molar-refractivity contribution < 1.29 is 0 Å². The minimum Gasteiger partial charge on any atom is -0.281 e. The Morgan fingerprint density at radius 3 is 1.68 bits per heavy atom. The van der Waals surface area contributed by atoms with Gasteiger partial charge in [0.2, 0.25) is 0 Å². The molecule has 0 radical (unpaired) electrons. The van der Waals surface area contributed by atoms with Gasteiger partial charge in [-0.15, -0.1) is 0 Å². The molecule has 0 N–H and O–H groups in total. The van der Waals surface area contributed by atoms with Gasteiger partial charge in [0.25, 0.3) is 0 Å². The van der Waals surface area contributed by atoms with Crippen LogP contribution in [0.3, 0.4) is 0 Å². The van der Waals surface area contributed by atoms with Gasteiger partial charge >= 0.3 is 0 Å². The lowest BCUT2D eigenvalue weighted by Gasteiger charge is -2.45. The van der Waals surface area contributed by atoms with Gasteiger partial charge in [0.1, 0.15) is 0 Å². The molecule has 2 heteroatoms. The van der Waals surface area contributed by atoms with Crippen molar-refractivity contribution >= 4 is 11.4 Å². The van der Waals surface area contributed by atoms with Gasteiger partial charge in [0.15, 0.2) is 0 Å². The SMILES string of the molecule is CCC1=NC(C2(C)C(C)=C(C)C(C)=C2C)C(C)(C)N=C1CC. The third kappa shape index (κ3) is 2.23. The fourth-order valence-electron chi connectivity index (χ4n) is 4.31. The third-order valence-corrected chi connectivity index (χ3v) is 6.17. The first-order valence-corrected chi connectivity index (χ1v) is 8.63. The first-order valence-electron chi connectivity index (χ1n) is 8.63. The van der Waals surface area contributed by atoms with Crippen LogP contribution >= 0.6 is 0 Å². The summed E-state index contributed by atoms with van der Waals surface area (Å²) in [5.74, 6) is 0. The van der Waals surface area contributed by atoms with Crippen molar-refractivity contribution in [3.8, 4) is 0 Å². The van der Waals surface area contributed by atoms with Crippen molar-refractivity contribution in [2.24, 2.45) is 15.4 Å². The highest BCUT2D eigenvalue weighted by atomic mass is 15.0. The van der Waals surface area contributed by atoms with Crippen LogP contribution in [0, 0.1) is 5.41 Å². The van der Waals surface area contributed by atoms with Gasteiger partial charge in [-0.05, 0) is 72.5 Å². The van der Waals surface area contributed by atoms with Gasteiger partial charge in [-0.2, -0.15) is 0 Å². The van der Waals surface area contributed by atoms with Crippen molar-refractivity contribution in [3.63, 3.8) is 0 Å². The number of aliphatic imine (C=N–C) groups is 2. The lowest BCUT2D eigenvalue weighted by Crippen LogP contribution is -2.50. The summed E-state index contributed by atoms with van der Waals surface area (Å²) in [5, 5.41) is 0. The van der Waals surface area contributed by atoms with Crippen molar-refractivity contribution in [1.82, 2.24) is 0 Å². The molecule has 1 aliphatic carbocycles. The molecule has 0 saturated carbocycles. The molecule has 1 unspecified atom stereocenters. The lowest BCUT2D eigenvalue weighted by atomic mass is 9.66. The number of nitrogens with zero attached hydrogens (tertiary/aromatic N) is 2. The predicted molar refractivity (Wildman–Crippen MR) is 98.2 cm³/mol.